The number of hydrogen-bond acceptors (Lipinski definition) is 2. The SMILES string of the molecule is O=C(c1ccc(I)c(Cl)c1)N1CCOc2ccccc2C1. The summed E-state index contributed by atoms with van der Waals surface area (Å²) in [5.41, 5.74) is 1.64. The Labute approximate surface area is 142 Å². The van der Waals surface area contributed by atoms with E-state index >= 15 is 0 Å². The van der Waals surface area contributed by atoms with Gasteiger partial charge in [-0.15, -0.1) is 0 Å². The Kier molecular flexibility index (Phi) is 4.35. The van der Waals surface area contributed by atoms with Gasteiger partial charge in [0.1, 0.15) is 12.4 Å². The van der Waals surface area contributed by atoms with Crippen molar-refractivity contribution in [1.82, 2.24) is 4.90 Å². The minimum Gasteiger partial charge on any atom is -0.491 e. The molecule has 0 unspecified atom stereocenters. The van der Waals surface area contributed by atoms with E-state index in [0.717, 1.165) is 14.9 Å². The maximum absolute atomic E-state index is 12.6. The molecule has 0 atom stereocenters. The molecule has 0 aromatic heterocycles. The summed E-state index contributed by atoms with van der Waals surface area (Å²) < 4.78 is 6.63. The lowest BCUT2D eigenvalue weighted by Gasteiger charge is -2.20. The molecule has 1 aliphatic rings. The Morgan fingerprint density at radius 1 is 1.24 bits per heavy atom. The summed E-state index contributed by atoms with van der Waals surface area (Å²) in [4.78, 5) is 14.4. The Hall–Kier alpha value is -1.27. The van der Waals surface area contributed by atoms with Gasteiger partial charge in [0.2, 0.25) is 0 Å². The fourth-order valence-corrected chi connectivity index (χ4v) is 2.83. The van der Waals surface area contributed by atoms with E-state index in [1.165, 1.54) is 0 Å². The fourth-order valence-electron chi connectivity index (χ4n) is 2.31. The van der Waals surface area contributed by atoms with Gasteiger partial charge in [-0.2, -0.15) is 0 Å². The highest BCUT2D eigenvalue weighted by molar-refractivity contribution is 14.1. The summed E-state index contributed by atoms with van der Waals surface area (Å²) in [7, 11) is 0. The van der Waals surface area contributed by atoms with Gasteiger partial charge < -0.3 is 9.64 Å². The molecule has 3 nitrogen and oxygen atoms in total. The molecule has 0 fully saturated rings. The molecule has 1 amide bonds. The van der Waals surface area contributed by atoms with Crippen LogP contribution in [0.4, 0.5) is 0 Å². The number of hydrogen-bond donors (Lipinski definition) is 0. The fraction of sp³-hybridized carbons (Fsp3) is 0.188. The zero-order chi connectivity index (χ0) is 14.8. The molecule has 0 saturated heterocycles. The number of fused-ring (bicyclic) bond motifs is 1. The molecule has 0 aliphatic carbocycles. The molecule has 0 bridgehead atoms. The maximum atomic E-state index is 12.6. The second-order valence-electron chi connectivity index (χ2n) is 4.81. The summed E-state index contributed by atoms with van der Waals surface area (Å²) in [6, 6.07) is 13.2. The molecule has 2 aromatic rings. The highest BCUT2D eigenvalue weighted by atomic mass is 127. The zero-order valence-electron chi connectivity index (χ0n) is 11.2. The quantitative estimate of drug-likeness (QED) is 0.662. The van der Waals surface area contributed by atoms with Crippen molar-refractivity contribution in [2.45, 2.75) is 6.54 Å². The number of rotatable bonds is 1. The number of para-hydroxylation sites is 1. The van der Waals surface area contributed by atoms with Crippen LogP contribution in [0.3, 0.4) is 0 Å². The predicted octanol–water partition coefficient (Wildman–Crippen LogP) is 3.98. The minimum absolute atomic E-state index is 0.0198. The Morgan fingerprint density at radius 3 is 2.86 bits per heavy atom. The van der Waals surface area contributed by atoms with Crippen LogP contribution in [0.15, 0.2) is 42.5 Å². The molecular weight excluding hydrogens is 401 g/mol. The Morgan fingerprint density at radius 2 is 2.05 bits per heavy atom. The van der Waals surface area contributed by atoms with Gasteiger partial charge in [0, 0.05) is 21.2 Å². The summed E-state index contributed by atoms with van der Waals surface area (Å²) in [5, 5.41) is 0.605. The third kappa shape index (κ3) is 3.16. The van der Waals surface area contributed by atoms with Crippen LogP contribution < -0.4 is 4.74 Å². The molecule has 5 heteroatoms. The van der Waals surface area contributed by atoms with Crippen LogP contribution >= 0.6 is 34.2 Å². The van der Waals surface area contributed by atoms with Crippen LogP contribution in [0, 0.1) is 3.57 Å². The standard InChI is InChI=1S/C16H13ClINO2/c17-13-9-11(5-6-14(13)18)16(20)19-7-8-21-15-4-2-1-3-12(15)10-19/h1-6,9H,7-8,10H2. The smallest absolute Gasteiger partial charge is 0.254 e. The van der Waals surface area contributed by atoms with Gasteiger partial charge in [-0.1, -0.05) is 29.8 Å². The van der Waals surface area contributed by atoms with Crippen molar-refractivity contribution in [2.24, 2.45) is 0 Å². The summed E-state index contributed by atoms with van der Waals surface area (Å²) in [5.74, 6) is 0.835. The van der Waals surface area contributed by atoms with Crippen molar-refractivity contribution in [3.63, 3.8) is 0 Å². The minimum atomic E-state index is -0.0198. The molecule has 2 aromatic carbocycles. The van der Waals surface area contributed by atoms with E-state index in [0.29, 0.717) is 30.3 Å². The van der Waals surface area contributed by atoms with Gasteiger partial charge in [-0.05, 0) is 46.9 Å². The molecule has 0 radical (unpaired) electrons. The molecule has 0 saturated carbocycles. The lowest BCUT2D eigenvalue weighted by Crippen LogP contribution is -2.32. The number of ether oxygens (including phenoxy) is 1. The number of amides is 1. The van der Waals surface area contributed by atoms with Crippen LogP contribution in [0.5, 0.6) is 5.75 Å². The Balaban J connectivity index is 1.86. The molecule has 1 heterocycles. The van der Waals surface area contributed by atoms with Crippen molar-refractivity contribution in [3.8, 4) is 5.75 Å². The van der Waals surface area contributed by atoms with Crippen molar-refractivity contribution < 1.29 is 9.53 Å². The van der Waals surface area contributed by atoms with E-state index in [4.69, 9.17) is 16.3 Å². The van der Waals surface area contributed by atoms with Crippen LogP contribution in [0.25, 0.3) is 0 Å². The first-order valence-corrected chi connectivity index (χ1v) is 8.06. The molecule has 3 rings (SSSR count). The average Bonchev–Trinajstić information content (AvgIpc) is 2.71. The Bertz CT molecular complexity index is 690. The molecule has 0 N–H and O–H groups in total. The zero-order valence-corrected chi connectivity index (χ0v) is 14.1. The maximum Gasteiger partial charge on any atom is 0.254 e. The first-order chi connectivity index (χ1) is 10.1. The number of carbonyl (C=O) groups excluding carboxylic acids is 1. The van der Waals surface area contributed by atoms with E-state index in [1.54, 1.807) is 11.0 Å². The number of halogens is 2. The second kappa shape index (κ2) is 6.23. The third-order valence-corrected chi connectivity index (χ3v) is 4.98. The third-order valence-electron chi connectivity index (χ3n) is 3.41. The first kappa shape index (κ1) is 14.7. The van der Waals surface area contributed by atoms with Gasteiger partial charge in [0.05, 0.1) is 11.6 Å². The summed E-state index contributed by atoms with van der Waals surface area (Å²) in [6.07, 6.45) is 0. The van der Waals surface area contributed by atoms with Crippen LogP contribution in [-0.4, -0.2) is 24.0 Å². The largest absolute Gasteiger partial charge is 0.491 e. The topological polar surface area (TPSA) is 29.5 Å². The molecule has 1 aliphatic heterocycles. The van der Waals surface area contributed by atoms with Crippen LogP contribution in [-0.2, 0) is 6.54 Å². The van der Waals surface area contributed by atoms with Crippen molar-refractivity contribution in [2.75, 3.05) is 13.2 Å². The van der Waals surface area contributed by atoms with E-state index in [1.807, 2.05) is 36.4 Å². The van der Waals surface area contributed by atoms with Gasteiger partial charge >= 0.3 is 0 Å². The molecule has 108 valence electrons. The molecular formula is C16H13ClINO2. The number of carbonyl (C=O) groups is 1. The predicted molar refractivity (Wildman–Crippen MR) is 90.8 cm³/mol. The lowest BCUT2D eigenvalue weighted by atomic mass is 10.1. The number of nitrogens with zero attached hydrogens (tertiary/aromatic N) is 1. The number of benzene rings is 2. The van der Waals surface area contributed by atoms with Gasteiger partial charge in [-0.25, -0.2) is 0 Å². The second-order valence-corrected chi connectivity index (χ2v) is 6.38. The molecule has 0 spiro atoms. The highest BCUT2D eigenvalue weighted by Crippen LogP contribution is 2.25. The van der Waals surface area contributed by atoms with E-state index in [-0.39, 0.29) is 5.91 Å². The highest BCUT2D eigenvalue weighted by Gasteiger charge is 2.21. The average molecular weight is 414 g/mol. The van der Waals surface area contributed by atoms with Gasteiger partial charge in [-0.3, -0.25) is 4.79 Å². The van der Waals surface area contributed by atoms with Gasteiger partial charge in [0.25, 0.3) is 5.91 Å². The lowest BCUT2D eigenvalue weighted by molar-refractivity contribution is 0.0733. The summed E-state index contributed by atoms with van der Waals surface area (Å²) >= 11 is 8.26. The van der Waals surface area contributed by atoms with Crippen molar-refractivity contribution >= 4 is 40.1 Å². The van der Waals surface area contributed by atoms with Crippen LogP contribution in [0.1, 0.15) is 15.9 Å². The normalized spacial score (nSPS) is 14.1. The molecule has 21 heavy (non-hydrogen) atoms. The van der Waals surface area contributed by atoms with Crippen molar-refractivity contribution in [3.05, 3.63) is 62.2 Å². The summed E-state index contributed by atoms with van der Waals surface area (Å²) in [6.45, 7) is 1.62. The monoisotopic (exact) mass is 413 g/mol. The van der Waals surface area contributed by atoms with Crippen LogP contribution in [0.2, 0.25) is 5.02 Å². The van der Waals surface area contributed by atoms with Gasteiger partial charge in [0.15, 0.2) is 0 Å². The van der Waals surface area contributed by atoms with Crippen molar-refractivity contribution in [1.29, 1.82) is 0 Å². The van der Waals surface area contributed by atoms with E-state index in [9.17, 15) is 4.79 Å². The van der Waals surface area contributed by atoms with E-state index < -0.39 is 0 Å². The first-order valence-electron chi connectivity index (χ1n) is 6.60. The van der Waals surface area contributed by atoms with E-state index in [2.05, 4.69) is 22.6 Å².